The fraction of sp³-hybridized carbons (Fsp3) is 0.480. The number of carbonyl (C=O) groups is 2. The number of aromatic nitrogens is 3. The number of rotatable bonds is 8. The molecule has 0 aromatic carbocycles. The van der Waals surface area contributed by atoms with Crippen LogP contribution in [-0.4, -0.2) is 66.3 Å². The number of aldehydes is 1. The number of nitrogens with zero attached hydrogens (tertiary/aromatic N) is 5. The highest BCUT2D eigenvalue weighted by Crippen LogP contribution is 2.32. The minimum atomic E-state index is -0.266. The maximum Gasteiger partial charge on any atom is 0.230 e. The van der Waals surface area contributed by atoms with Crippen LogP contribution in [0.4, 0.5) is 23.3 Å². The summed E-state index contributed by atoms with van der Waals surface area (Å²) < 4.78 is 0. The van der Waals surface area contributed by atoms with Crippen molar-refractivity contribution in [1.29, 1.82) is 0 Å². The first-order valence-corrected chi connectivity index (χ1v) is 11.9. The van der Waals surface area contributed by atoms with E-state index >= 15 is 0 Å². The van der Waals surface area contributed by atoms with Crippen LogP contribution in [0, 0.1) is 0 Å². The Morgan fingerprint density at radius 3 is 2.50 bits per heavy atom. The van der Waals surface area contributed by atoms with Gasteiger partial charge in [-0.25, -0.2) is 9.97 Å². The predicted molar refractivity (Wildman–Crippen MR) is 135 cm³/mol. The monoisotopic (exact) mass is 463 g/mol. The molecule has 0 bridgehead atoms. The van der Waals surface area contributed by atoms with Crippen LogP contribution in [-0.2, 0) is 9.59 Å². The van der Waals surface area contributed by atoms with Crippen molar-refractivity contribution in [2.24, 2.45) is 0 Å². The molecule has 1 aliphatic carbocycles. The van der Waals surface area contributed by atoms with Gasteiger partial charge in [0.1, 0.15) is 11.6 Å². The molecule has 1 aliphatic heterocycles. The van der Waals surface area contributed by atoms with Crippen molar-refractivity contribution in [1.82, 2.24) is 20.3 Å². The van der Waals surface area contributed by atoms with Crippen LogP contribution in [0.25, 0.3) is 5.57 Å². The lowest BCUT2D eigenvalue weighted by atomic mass is 10.0. The van der Waals surface area contributed by atoms with E-state index < -0.39 is 0 Å². The molecule has 1 saturated carbocycles. The maximum atomic E-state index is 12.0. The zero-order chi connectivity index (χ0) is 24.1. The number of pyridine rings is 1. The number of ketones is 1. The standard InChI is InChI=1S/C25H33N7O2/c1-17(22(16-33)18(2)34)21-15-28-25(30-24(21)31(3)19-6-4-5-7-19)29-23-9-8-20(14-27-23)32-12-10-26-11-13-32/h8-9,14-16,19,26H,4-7,10-13H2,1-3H3,(H,27,28,29,30)/b22-17+. The Kier molecular flexibility index (Phi) is 7.52. The van der Waals surface area contributed by atoms with Gasteiger partial charge >= 0.3 is 0 Å². The predicted octanol–water partition coefficient (Wildman–Crippen LogP) is 2.97. The summed E-state index contributed by atoms with van der Waals surface area (Å²) in [6.45, 7) is 7.05. The van der Waals surface area contributed by atoms with Crippen molar-refractivity contribution in [2.75, 3.05) is 48.3 Å². The second kappa shape index (κ2) is 10.7. The van der Waals surface area contributed by atoms with Gasteiger partial charge in [0, 0.05) is 51.0 Å². The van der Waals surface area contributed by atoms with Crippen LogP contribution in [0.2, 0.25) is 0 Å². The van der Waals surface area contributed by atoms with Gasteiger partial charge in [-0.15, -0.1) is 0 Å². The number of carbonyl (C=O) groups excluding carboxylic acids is 2. The Hall–Kier alpha value is -3.33. The second-order valence-electron chi connectivity index (χ2n) is 8.96. The smallest absolute Gasteiger partial charge is 0.230 e. The minimum absolute atomic E-state index is 0.149. The summed E-state index contributed by atoms with van der Waals surface area (Å²) in [4.78, 5) is 41.9. The van der Waals surface area contributed by atoms with Gasteiger partial charge in [-0.2, -0.15) is 4.98 Å². The van der Waals surface area contributed by atoms with Crippen molar-refractivity contribution >= 4 is 40.9 Å². The zero-order valence-electron chi connectivity index (χ0n) is 20.2. The van der Waals surface area contributed by atoms with E-state index in [0.29, 0.717) is 41.0 Å². The Morgan fingerprint density at radius 2 is 1.88 bits per heavy atom. The molecule has 3 heterocycles. The molecular formula is C25H33N7O2. The molecule has 0 radical (unpaired) electrons. The zero-order valence-corrected chi connectivity index (χ0v) is 20.2. The van der Waals surface area contributed by atoms with Crippen molar-refractivity contribution in [2.45, 2.75) is 45.6 Å². The van der Waals surface area contributed by atoms with Crippen molar-refractivity contribution in [3.63, 3.8) is 0 Å². The van der Waals surface area contributed by atoms with Crippen LogP contribution in [0.1, 0.15) is 45.1 Å². The molecule has 2 aromatic heterocycles. The number of hydrogen-bond acceptors (Lipinski definition) is 9. The van der Waals surface area contributed by atoms with Gasteiger partial charge in [0.25, 0.3) is 0 Å². The third-order valence-corrected chi connectivity index (χ3v) is 6.75. The van der Waals surface area contributed by atoms with Gasteiger partial charge in [0.2, 0.25) is 5.95 Å². The highest BCUT2D eigenvalue weighted by molar-refractivity contribution is 6.17. The van der Waals surface area contributed by atoms with Crippen molar-refractivity contribution < 1.29 is 9.59 Å². The van der Waals surface area contributed by atoms with E-state index in [4.69, 9.17) is 4.98 Å². The molecule has 9 nitrogen and oxygen atoms in total. The molecular weight excluding hydrogens is 430 g/mol. The molecule has 0 atom stereocenters. The summed E-state index contributed by atoms with van der Waals surface area (Å²) in [7, 11) is 2.02. The lowest BCUT2D eigenvalue weighted by Crippen LogP contribution is -2.43. The first kappa shape index (κ1) is 23.8. The van der Waals surface area contributed by atoms with Crippen molar-refractivity contribution in [3.8, 4) is 0 Å². The number of allylic oxidation sites excluding steroid dienone is 2. The van der Waals surface area contributed by atoms with Gasteiger partial charge in [-0.05, 0) is 44.4 Å². The molecule has 9 heteroatoms. The van der Waals surface area contributed by atoms with E-state index in [1.807, 2.05) is 19.3 Å². The summed E-state index contributed by atoms with van der Waals surface area (Å²) in [6.07, 6.45) is 8.72. The van der Waals surface area contributed by atoms with E-state index in [0.717, 1.165) is 44.7 Å². The van der Waals surface area contributed by atoms with Crippen LogP contribution in [0.15, 0.2) is 30.1 Å². The maximum absolute atomic E-state index is 12.0. The Labute approximate surface area is 200 Å². The fourth-order valence-electron chi connectivity index (χ4n) is 4.70. The highest BCUT2D eigenvalue weighted by Gasteiger charge is 2.25. The molecule has 0 spiro atoms. The highest BCUT2D eigenvalue weighted by atomic mass is 16.1. The summed E-state index contributed by atoms with van der Waals surface area (Å²) >= 11 is 0. The molecule has 0 unspecified atom stereocenters. The summed E-state index contributed by atoms with van der Waals surface area (Å²) in [6, 6.07) is 4.35. The van der Waals surface area contributed by atoms with E-state index in [2.05, 4.69) is 36.5 Å². The first-order chi connectivity index (χ1) is 16.5. The Balaban J connectivity index is 1.62. The van der Waals surface area contributed by atoms with Gasteiger partial charge in [0.05, 0.1) is 17.5 Å². The Morgan fingerprint density at radius 1 is 1.15 bits per heavy atom. The second-order valence-corrected chi connectivity index (χ2v) is 8.96. The summed E-state index contributed by atoms with van der Waals surface area (Å²) in [5, 5.41) is 6.56. The average Bonchev–Trinajstić information content (AvgIpc) is 3.40. The molecule has 0 amide bonds. The number of anilines is 4. The average molecular weight is 464 g/mol. The number of Topliss-reactive ketones (excluding diaryl/α,β-unsaturated/α-hetero) is 1. The van der Waals surface area contributed by atoms with E-state index in [1.165, 1.54) is 19.8 Å². The summed E-state index contributed by atoms with van der Waals surface area (Å²) in [5.41, 5.74) is 2.53. The van der Waals surface area contributed by atoms with Gasteiger partial charge in [-0.1, -0.05) is 12.8 Å². The molecule has 2 N–H and O–H groups in total. The SMILES string of the molecule is CC(=O)/C(C=O)=C(\C)c1cnc(Nc2ccc(N3CCNCC3)cn2)nc1N(C)C1CCCC1. The lowest BCUT2D eigenvalue weighted by molar-refractivity contribution is -0.115. The van der Waals surface area contributed by atoms with Crippen LogP contribution >= 0.6 is 0 Å². The quantitative estimate of drug-likeness (QED) is 0.265. The Bertz CT molecular complexity index is 1060. The van der Waals surface area contributed by atoms with Crippen LogP contribution in [0.5, 0.6) is 0 Å². The minimum Gasteiger partial charge on any atom is -0.368 e. The largest absolute Gasteiger partial charge is 0.368 e. The molecule has 2 fully saturated rings. The molecule has 4 rings (SSSR count). The normalized spacial score (nSPS) is 17.3. The number of nitrogens with one attached hydrogen (secondary N) is 2. The number of hydrogen-bond donors (Lipinski definition) is 2. The van der Waals surface area contributed by atoms with E-state index in [9.17, 15) is 9.59 Å². The molecule has 34 heavy (non-hydrogen) atoms. The van der Waals surface area contributed by atoms with Crippen molar-refractivity contribution in [3.05, 3.63) is 35.7 Å². The summed E-state index contributed by atoms with van der Waals surface area (Å²) in [5.74, 6) is 1.53. The lowest BCUT2D eigenvalue weighted by Gasteiger charge is -2.29. The molecule has 1 saturated heterocycles. The van der Waals surface area contributed by atoms with Gasteiger partial charge < -0.3 is 20.4 Å². The topological polar surface area (TPSA) is 103 Å². The third-order valence-electron chi connectivity index (χ3n) is 6.75. The van der Waals surface area contributed by atoms with E-state index in [-0.39, 0.29) is 11.4 Å². The van der Waals surface area contributed by atoms with Gasteiger partial charge in [0.15, 0.2) is 12.1 Å². The van der Waals surface area contributed by atoms with Crippen LogP contribution in [0.3, 0.4) is 0 Å². The first-order valence-electron chi connectivity index (χ1n) is 11.9. The molecule has 180 valence electrons. The van der Waals surface area contributed by atoms with E-state index in [1.54, 1.807) is 13.1 Å². The molecule has 2 aliphatic rings. The number of piperazine rings is 1. The molecule has 2 aromatic rings. The van der Waals surface area contributed by atoms with Gasteiger partial charge in [-0.3, -0.25) is 9.59 Å². The third kappa shape index (κ3) is 5.25. The van der Waals surface area contributed by atoms with Crippen LogP contribution < -0.4 is 20.4 Å². The fourth-order valence-corrected chi connectivity index (χ4v) is 4.70.